The molecule has 0 amide bonds. The lowest BCUT2D eigenvalue weighted by molar-refractivity contribution is 0.0888. The van der Waals surface area contributed by atoms with Crippen molar-refractivity contribution in [2.24, 2.45) is 0 Å². The quantitative estimate of drug-likeness (QED) is 0.679. The van der Waals surface area contributed by atoms with Gasteiger partial charge in [-0.15, -0.1) is 5.10 Å². The summed E-state index contributed by atoms with van der Waals surface area (Å²) in [5, 5.41) is 7.50. The van der Waals surface area contributed by atoms with Crippen LogP contribution in [0.15, 0.2) is 48.5 Å². The molecule has 0 spiro atoms. The maximum Gasteiger partial charge on any atom is 0.250 e. The first kappa shape index (κ1) is 18.6. The first-order valence-corrected chi connectivity index (χ1v) is 8.73. The molecule has 1 N–H and O–H groups in total. The van der Waals surface area contributed by atoms with Gasteiger partial charge in [-0.3, -0.25) is 4.79 Å². The summed E-state index contributed by atoms with van der Waals surface area (Å²) in [5.41, 5.74) is 1.66. The summed E-state index contributed by atoms with van der Waals surface area (Å²) in [7, 11) is 1.60. The Kier molecular flexibility index (Phi) is 5.80. The van der Waals surface area contributed by atoms with Gasteiger partial charge >= 0.3 is 0 Å². The van der Waals surface area contributed by atoms with Crippen LogP contribution < -0.4 is 10.1 Å². The molecule has 140 valence electrons. The van der Waals surface area contributed by atoms with Crippen LogP contribution in [0, 0.1) is 5.82 Å². The second-order valence-corrected chi connectivity index (χ2v) is 6.02. The summed E-state index contributed by atoms with van der Waals surface area (Å²) >= 11 is 0. The van der Waals surface area contributed by atoms with E-state index >= 15 is 0 Å². The van der Waals surface area contributed by atoms with E-state index in [1.54, 1.807) is 19.2 Å². The van der Waals surface area contributed by atoms with Crippen molar-refractivity contribution in [3.63, 3.8) is 0 Å². The Balaban J connectivity index is 1.86. The smallest absolute Gasteiger partial charge is 0.250 e. The average Bonchev–Trinajstić information content (AvgIpc) is 3.12. The second-order valence-electron chi connectivity index (χ2n) is 6.02. The van der Waals surface area contributed by atoms with Gasteiger partial charge in [0.05, 0.1) is 7.11 Å². The lowest BCUT2D eigenvalue weighted by atomic mass is 10.2. The zero-order valence-electron chi connectivity index (χ0n) is 15.3. The van der Waals surface area contributed by atoms with Gasteiger partial charge in [0.25, 0.3) is 0 Å². The van der Waals surface area contributed by atoms with Gasteiger partial charge in [-0.25, -0.2) is 4.39 Å². The van der Waals surface area contributed by atoms with Crippen molar-refractivity contribution in [2.75, 3.05) is 12.4 Å². The van der Waals surface area contributed by atoms with E-state index in [1.807, 2.05) is 31.2 Å². The van der Waals surface area contributed by atoms with Crippen LogP contribution in [-0.4, -0.2) is 27.8 Å². The average molecular weight is 368 g/mol. The normalized spacial score (nSPS) is 10.6. The Hall–Kier alpha value is -3.22. The van der Waals surface area contributed by atoms with E-state index in [4.69, 9.17) is 4.74 Å². The largest absolute Gasteiger partial charge is 0.497 e. The van der Waals surface area contributed by atoms with Crippen LogP contribution in [0.2, 0.25) is 0 Å². The summed E-state index contributed by atoms with van der Waals surface area (Å²) in [4.78, 5) is 16.9. The highest BCUT2D eigenvalue weighted by Crippen LogP contribution is 2.22. The lowest BCUT2D eigenvalue weighted by Gasteiger charge is -2.06. The number of nitrogens with zero attached hydrogens (tertiary/aromatic N) is 3. The Morgan fingerprint density at radius 3 is 2.48 bits per heavy atom. The van der Waals surface area contributed by atoms with Crippen molar-refractivity contribution in [3.05, 3.63) is 59.9 Å². The molecule has 0 saturated heterocycles. The van der Waals surface area contributed by atoms with Crippen molar-refractivity contribution < 1.29 is 13.9 Å². The molecule has 0 aliphatic heterocycles. The third-order valence-electron chi connectivity index (χ3n) is 4.02. The molecule has 0 bridgehead atoms. The van der Waals surface area contributed by atoms with Crippen molar-refractivity contribution in [1.29, 1.82) is 0 Å². The molecular weight excluding hydrogens is 347 g/mol. The predicted octanol–water partition coefficient (Wildman–Crippen LogP) is 4.15. The molecule has 3 rings (SSSR count). The molecule has 2 aromatic carbocycles. The van der Waals surface area contributed by atoms with Crippen LogP contribution in [0.5, 0.6) is 5.75 Å². The molecule has 0 atom stereocenters. The molecule has 0 fully saturated rings. The summed E-state index contributed by atoms with van der Waals surface area (Å²) in [5.74, 6) is 1.12. The van der Waals surface area contributed by atoms with E-state index < -0.39 is 0 Å². The van der Waals surface area contributed by atoms with Crippen molar-refractivity contribution >= 4 is 11.9 Å². The molecule has 0 aliphatic rings. The van der Waals surface area contributed by atoms with E-state index in [0.29, 0.717) is 31.2 Å². The third kappa shape index (κ3) is 4.49. The Labute approximate surface area is 157 Å². The van der Waals surface area contributed by atoms with Crippen LogP contribution in [0.25, 0.3) is 11.4 Å². The number of ether oxygens (including phenoxy) is 1. The summed E-state index contributed by atoms with van der Waals surface area (Å²) < 4.78 is 19.5. The highest BCUT2D eigenvalue weighted by Gasteiger charge is 2.16. The molecule has 3 aromatic rings. The molecule has 6 nitrogen and oxygen atoms in total. The zero-order valence-corrected chi connectivity index (χ0v) is 15.3. The van der Waals surface area contributed by atoms with Crippen molar-refractivity contribution in [1.82, 2.24) is 14.8 Å². The van der Waals surface area contributed by atoms with Crippen molar-refractivity contribution in [3.8, 4) is 17.1 Å². The predicted molar refractivity (Wildman–Crippen MR) is 101 cm³/mol. The van der Waals surface area contributed by atoms with E-state index in [0.717, 1.165) is 16.9 Å². The van der Waals surface area contributed by atoms with Crippen LogP contribution in [0.3, 0.4) is 0 Å². The second kappa shape index (κ2) is 8.44. The van der Waals surface area contributed by atoms with Crippen LogP contribution in [-0.2, 0) is 6.54 Å². The van der Waals surface area contributed by atoms with E-state index in [1.165, 1.54) is 16.8 Å². The molecule has 0 unspecified atom stereocenters. The zero-order chi connectivity index (χ0) is 19.2. The molecule has 1 aromatic heterocycles. The topological polar surface area (TPSA) is 69.0 Å². The van der Waals surface area contributed by atoms with Crippen LogP contribution >= 0.6 is 0 Å². The Morgan fingerprint density at radius 2 is 1.85 bits per heavy atom. The number of rotatable bonds is 7. The Morgan fingerprint density at radius 1 is 1.15 bits per heavy atom. The van der Waals surface area contributed by atoms with Gasteiger partial charge < -0.3 is 10.1 Å². The number of carbonyl (C=O) groups excluding carboxylic acids is 1. The Bertz CT molecular complexity index is 905. The van der Waals surface area contributed by atoms with Crippen molar-refractivity contribution in [2.45, 2.75) is 26.3 Å². The molecule has 7 heteroatoms. The monoisotopic (exact) mass is 368 g/mol. The highest BCUT2D eigenvalue weighted by molar-refractivity contribution is 5.81. The van der Waals surface area contributed by atoms with E-state index in [9.17, 15) is 9.18 Å². The molecule has 0 radical (unpaired) electrons. The SMILES string of the molecule is CCCC(=O)n1nc(-c2ccc(OC)cc2)nc1NCc1ccc(F)cc1. The highest BCUT2D eigenvalue weighted by atomic mass is 19.1. The van der Waals surface area contributed by atoms with Crippen LogP contribution in [0.1, 0.15) is 30.1 Å². The summed E-state index contributed by atoms with van der Waals surface area (Å²) in [6.45, 7) is 2.34. The number of aromatic nitrogens is 3. The van der Waals surface area contributed by atoms with Gasteiger partial charge in [-0.2, -0.15) is 9.67 Å². The number of nitrogens with one attached hydrogen (secondary N) is 1. The minimum Gasteiger partial charge on any atom is -0.497 e. The number of carbonyl (C=O) groups is 1. The van der Waals surface area contributed by atoms with Crippen LogP contribution in [0.4, 0.5) is 10.3 Å². The standard InChI is InChI=1S/C20H21FN4O2/c1-3-4-18(26)25-20(22-13-14-5-9-16(21)10-6-14)23-19(24-25)15-7-11-17(27-2)12-8-15/h5-12H,3-4,13H2,1-2H3,(H,22,23,24). The summed E-state index contributed by atoms with van der Waals surface area (Å²) in [6, 6.07) is 13.5. The number of halogens is 1. The minimum atomic E-state index is -0.290. The molecule has 27 heavy (non-hydrogen) atoms. The van der Waals surface area contributed by atoms with Gasteiger partial charge in [0.2, 0.25) is 11.9 Å². The maximum absolute atomic E-state index is 13.0. The number of benzene rings is 2. The molecule has 0 saturated carbocycles. The number of hydrogen-bond donors (Lipinski definition) is 1. The van der Waals surface area contributed by atoms with Gasteiger partial charge in [-0.05, 0) is 48.4 Å². The lowest BCUT2D eigenvalue weighted by Crippen LogP contribution is -2.16. The fraction of sp³-hybridized carbons (Fsp3) is 0.250. The fourth-order valence-electron chi connectivity index (χ4n) is 2.57. The summed E-state index contributed by atoms with van der Waals surface area (Å²) in [6.07, 6.45) is 1.09. The first-order chi connectivity index (χ1) is 13.1. The van der Waals surface area contributed by atoms with E-state index in [2.05, 4.69) is 15.4 Å². The molecule has 1 heterocycles. The van der Waals surface area contributed by atoms with Gasteiger partial charge in [-0.1, -0.05) is 19.1 Å². The third-order valence-corrected chi connectivity index (χ3v) is 4.02. The maximum atomic E-state index is 13.0. The molecular formula is C20H21FN4O2. The van der Waals surface area contributed by atoms with E-state index in [-0.39, 0.29) is 11.7 Å². The first-order valence-electron chi connectivity index (χ1n) is 8.73. The van der Waals surface area contributed by atoms with Gasteiger partial charge in [0.15, 0.2) is 5.82 Å². The molecule has 0 aliphatic carbocycles. The van der Waals surface area contributed by atoms with Gasteiger partial charge in [0, 0.05) is 18.5 Å². The number of hydrogen-bond acceptors (Lipinski definition) is 5. The number of methoxy groups -OCH3 is 1. The fourth-order valence-corrected chi connectivity index (χ4v) is 2.57. The number of anilines is 1. The minimum absolute atomic E-state index is 0.133. The van der Waals surface area contributed by atoms with Gasteiger partial charge in [0.1, 0.15) is 11.6 Å².